The molecule has 3 aromatic rings. The summed E-state index contributed by atoms with van der Waals surface area (Å²) in [5.74, 6) is 0.988. The van der Waals surface area contributed by atoms with Crippen molar-refractivity contribution in [1.82, 2.24) is 14.9 Å². The van der Waals surface area contributed by atoms with Gasteiger partial charge >= 0.3 is 0 Å². The lowest BCUT2D eigenvalue weighted by atomic mass is 9.64. The Bertz CT molecular complexity index is 1400. The molecular formula is C29H30N6. The molecule has 0 amide bonds. The van der Waals surface area contributed by atoms with Crippen LogP contribution in [0.4, 0.5) is 22.9 Å². The van der Waals surface area contributed by atoms with Crippen LogP contribution in [0.25, 0.3) is 11.1 Å². The van der Waals surface area contributed by atoms with Crippen molar-refractivity contribution >= 4 is 34.0 Å². The molecule has 0 saturated carbocycles. The van der Waals surface area contributed by atoms with Crippen LogP contribution in [0.5, 0.6) is 0 Å². The summed E-state index contributed by atoms with van der Waals surface area (Å²) in [5.41, 5.74) is 9.08. The number of fused-ring (bicyclic) bond motifs is 8. The third-order valence-electron chi connectivity index (χ3n) is 8.68. The number of hydrogen-bond donors (Lipinski definition) is 0. The van der Waals surface area contributed by atoms with Crippen molar-refractivity contribution in [3.8, 4) is 0 Å². The van der Waals surface area contributed by atoms with Gasteiger partial charge in [-0.15, -0.1) is 0 Å². The second-order valence-corrected chi connectivity index (χ2v) is 10.0. The van der Waals surface area contributed by atoms with E-state index in [2.05, 4.69) is 118 Å². The predicted octanol–water partition coefficient (Wildman–Crippen LogP) is 5.68. The zero-order valence-corrected chi connectivity index (χ0v) is 20.7. The maximum absolute atomic E-state index is 4.69. The summed E-state index contributed by atoms with van der Waals surface area (Å²) >= 11 is 0. The van der Waals surface area contributed by atoms with Crippen LogP contribution in [0.15, 0.2) is 73.5 Å². The van der Waals surface area contributed by atoms with Crippen molar-refractivity contribution in [3.05, 3.63) is 84.6 Å². The number of benzene rings is 2. The molecular weight excluding hydrogens is 432 g/mol. The standard InChI is InChI=1S/C29H30N6/c1-5-29(6-2)25(20-12-8-9-13-21(20)34-16-15-32(3)28(29)34)24-19-11-7-10-14-22(19)35-23-17-30-18-31-26(23)33(4)27(24)35/h7-18,27-28H,5-6H2,1-4H3. The first-order valence-corrected chi connectivity index (χ1v) is 12.6. The number of para-hydroxylation sites is 2. The molecule has 0 bridgehead atoms. The van der Waals surface area contributed by atoms with E-state index in [9.17, 15) is 0 Å². The van der Waals surface area contributed by atoms with E-state index in [1.165, 1.54) is 33.6 Å². The van der Waals surface area contributed by atoms with Gasteiger partial charge in [0.1, 0.15) is 24.3 Å². The van der Waals surface area contributed by atoms with Crippen LogP contribution in [-0.2, 0) is 0 Å². The van der Waals surface area contributed by atoms with Gasteiger partial charge in [-0.3, -0.25) is 0 Å². The van der Waals surface area contributed by atoms with Gasteiger partial charge in [-0.05, 0) is 30.5 Å². The van der Waals surface area contributed by atoms with Gasteiger partial charge < -0.3 is 19.6 Å². The van der Waals surface area contributed by atoms with Crippen LogP contribution in [0.1, 0.15) is 37.8 Å². The van der Waals surface area contributed by atoms with Crippen molar-refractivity contribution < 1.29 is 0 Å². The third-order valence-corrected chi connectivity index (χ3v) is 8.68. The zero-order valence-electron chi connectivity index (χ0n) is 20.7. The van der Waals surface area contributed by atoms with Gasteiger partial charge in [0.15, 0.2) is 5.82 Å². The third kappa shape index (κ3) is 2.39. The molecule has 1 aromatic heterocycles. The topological polar surface area (TPSA) is 38.7 Å². The molecule has 4 aliphatic rings. The van der Waals surface area contributed by atoms with Gasteiger partial charge in [-0.1, -0.05) is 50.2 Å². The van der Waals surface area contributed by atoms with E-state index in [0.29, 0.717) is 0 Å². The predicted molar refractivity (Wildman–Crippen MR) is 142 cm³/mol. The number of hydrogen-bond acceptors (Lipinski definition) is 6. The van der Waals surface area contributed by atoms with Gasteiger partial charge in [0, 0.05) is 48.6 Å². The summed E-state index contributed by atoms with van der Waals surface area (Å²) in [6.07, 6.45) is 10.5. The Morgan fingerprint density at radius 3 is 2.34 bits per heavy atom. The maximum atomic E-state index is 4.69. The molecule has 7 rings (SSSR count). The fraction of sp³-hybridized carbons (Fsp3) is 0.310. The summed E-state index contributed by atoms with van der Waals surface area (Å²) in [5, 5.41) is 0. The lowest BCUT2D eigenvalue weighted by molar-refractivity contribution is 0.175. The van der Waals surface area contributed by atoms with Gasteiger partial charge in [0.2, 0.25) is 0 Å². The highest BCUT2D eigenvalue weighted by Gasteiger charge is 2.55. The first-order valence-electron chi connectivity index (χ1n) is 12.6. The minimum Gasteiger partial charge on any atom is -0.358 e. The molecule has 35 heavy (non-hydrogen) atoms. The van der Waals surface area contributed by atoms with Gasteiger partial charge in [0.05, 0.1) is 17.6 Å². The Morgan fingerprint density at radius 1 is 0.857 bits per heavy atom. The van der Waals surface area contributed by atoms with E-state index in [-0.39, 0.29) is 17.7 Å². The molecule has 6 nitrogen and oxygen atoms in total. The highest BCUT2D eigenvalue weighted by molar-refractivity contribution is 6.10. The first-order chi connectivity index (χ1) is 17.1. The molecule has 0 saturated heterocycles. The Morgan fingerprint density at radius 2 is 1.57 bits per heavy atom. The highest BCUT2D eigenvalue weighted by Crippen LogP contribution is 2.62. The molecule has 0 fully saturated rings. The number of nitrogens with zero attached hydrogens (tertiary/aromatic N) is 6. The molecule has 0 spiro atoms. The molecule has 2 aromatic carbocycles. The van der Waals surface area contributed by atoms with Crippen molar-refractivity contribution in [2.45, 2.75) is 39.0 Å². The monoisotopic (exact) mass is 462 g/mol. The SMILES string of the molecule is CCC1(CC)C(=C2c3ccccc3N3c4cncnc4N(C)C23)c2ccccc2N2C=CN(C)C21. The Kier molecular flexibility index (Phi) is 4.17. The van der Waals surface area contributed by atoms with Gasteiger partial charge in [-0.25, -0.2) is 9.97 Å². The minimum atomic E-state index is -0.0493. The Labute approximate surface area is 206 Å². The summed E-state index contributed by atoms with van der Waals surface area (Å²) in [7, 11) is 4.40. The van der Waals surface area contributed by atoms with Crippen LogP contribution in [0.3, 0.4) is 0 Å². The number of aromatic nitrogens is 2. The number of anilines is 4. The summed E-state index contributed by atoms with van der Waals surface area (Å²) in [6, 6.07) is 17.8. The Hall–Kier alpha value is -3.80. The van der Waals surface area contributed by atoms with E-state index in [1.54, 1.807) is 6.33 Å². The minimum absolute atomic E-state index is 0.0471. The van der Waals surface area contributed by atoms with Crippen LogP contribution >= 0.6 is 0 Å². The normalized spacial score (nSPS) is 24.9. The molecule has 0 radical (unpaired) electrons. The smallest absolute Gasteiger partial charge is 0.157 e. The van der Waals surface area contributed by atoms with Crippen molar-refractivity contribution in [2.24, 2.45) is 5.41 Å². The number of rotatable bonds is 2. The van der Waals surface area contributed by atoms with Crippen molar-refractivity contribution in [1.29, 1.82) is 0 Å². The quantitative estimate of drug-likeness (QED) is 0.488. The van der Waals surface area contributed by atoms with Gasteiger partial charge in [0.25, 0.3) is 0 Å². The van der Waals surface area contributed by atoms with E-state index in [4.69, 9.17) is 0 Å². The van der Waals surface area contributed by atoms with Crippen LogP contribution in [0, 0.1) is 5.41 Å². The molecule has 0 N–H and O–H groups in total. The van der Waals surface area contributed by atoms with Crippen LogP contribution < -0.4 is 14.7 Å². The molecule has 176 valence electrons. The molecule has 5 heterocycles. The summed E-state index contributed by atoms with van der Waals surface area (Å²) in [4.78, 5) is 18.7. The lowest BCUT2D eigenvalue weighted by Gasteiger charge is -2.52. The zero-order chi connectivity index (χ0) is 23.9. The Balaban J connectivity index is 1.61. The molecule has 0 aliphatic carbocycles. The number of likely N-dealkylation sites (N-methyl/N-ethyl adjacent to an activating group) is 1. The van der Waals surface area contributed by atoms with Crippen LogP contribution in [-0.4, -0.2) is 41.3 Å². The van der Waals surface area contributed by atoms with Crippen LogP contribution in [0.2, 0.25) is 0 Å². The summed E-state index contributed by atoms with van der Waals surface area (Å²) in [6.45, 7) is 4.72. The molecule has 4 aliphatic heterocycles. The summed E-state index contributed by atoms with van der Waals surface area (Å²) < 4.78 is 0. The maximum Gasteiger partial charge on any atom is 0.157 e. The molecule has 2 atom stereocenters. The average Bonchev–Trinajstić information content (AvgIpc) is 3.55. The largest absolute Gasteiger partial charge is 0.358 e. The second-order valence-electron chi connectivity index (χ2n) is 10.0. The van der Waals surface area contributed by atoms with Crippen molar-refractivity contribution in [3.63, 3.8) is 0 Å². The van der Waals surface area contributed by atoms with E-state index < -0.39 is 0 Å². The lowest BCUT2D eigenvalue weighted by Crippen LogP contribution is -2.54. The molecule has 2 unspecified atom stereocenters. The average molecular weight is 463 g/mol. The highest BCUT2D eigenvalue weighted by atomic mass is 15.5. The molecule has 6 heteroatoms. The van der Waals surface area contributed by atoms with Crippen molar-refractivity contribution in [2.75, 3.05) is 28.8 Å². The second kappa shape index (κ2) is 7.11. The first kappa shape index (κ1) is 20.6. The van der Waals surface area contributed by atoms with Gasteiger partial charge in [-0.2, -0.15) is 0 Å². The van der Waals surface area contributed by atoms with E-state index in [0.717, 1.165) is 24.3 Å². The van der Waals surface area contributed by atoms with E-state index >= 15 is 0 Å². The fourth-order valence-corrected chi connectivity index (χ4v) is 7.17. The van der Waals surface area contributed by atoms with E-state index in [1.807, 2.05) is 6.20 Å². The fourth-order valence-electron chi connectivity index (χ4n) is 7.17.